The molecule has 0 radical (unpaired) electrons. The van der Waals surface area contributed by atoms with E-state index in [-0.39, 0.29) is 24.3 Å². The molecule has 0 aromatic rings. The van der Waals surface area contributed by atoms with E-state index in [1.165, 1.54) is 0 Å². The maximum Gasteiger partial charge on any atom is 0.224 e. The zero-order valence-corrected chi connectivity index (χ0v) is 10.9. The quantitative estimate of drug-likeness (QED) is 0.678. The van der Waals surface area contributed by atoms with Gasteiger partial charge in [0.25, 0.3) is 0 Å². The Bertz CT molecular complexity index is 328. The molecule has 2 rings (SSSR count). The summed E-state index contributed by atoms with van der Waals surface area (Å²) in [5.41, 5.74) is 0. The van der Waals surface area contributed by atoms with Crippen LogP contribution in [0.5, 0.6) is 0 Å². The number of rotatable bonds is 7. The molecule has 2 aliphatic carbocycles. The van der Waals surface area contributed by atoms with Crippen LogP contribution in [0.3, 0.4) is 0 Å². The average Bonchev–Trinajstić information content (AvgIpc) is 3.21. The summed E-state index contributed by atoms with van der Waals surface area (Å²) >= 11 is 0. The van der Waals surface area contributed by atoms with E-state index in [0.717, 1.165) is 19.3 Å². The van der Waals surface area contributed by atoms with E-state index >= 15 is 0 Å². The predicted molar refractivity (Wildman–Crippen MR) is 66.7 cm³/mol. The first-order chi connectivity index (χ1) is 8.63. The van der Waals surface area contributed by atoms with Crippen LogP contribution in [0.4, 0.5) is 0 Å². The van der Waals surface area contributed by atoms with Gasteiger partial charge in [-0.3, -0.25) is 9.59 Å². The topological polar surface area (TPSA) is 69.6 Å². The molecule has 102 valence electrons. The molecule has 5 heteroatoms. The lowest BCUT2D eigenvalue weighted by atomic mass is 10.3. The second kappa shape index (κ2) is 5.69. The van der Waals surface area contributed by atoms with Gasteiger partial charge < -0.3 is 15.3 Å². The Kier molecular flexibility index (Phi) is 4.22. The minimum Gasteiger partial charge on any atom is -0.395 e. The van der Waals surface area contributed by atoms with E-state index in [4.69, 9.17) is 5.11 Å². The second-order valence-corrected chi connectivity index (χ2v) is 5.40. The largest absolute Gasteiger partial charge is 0.395 e. The maximum absolute atomic E-state index is 11.9. The Hall–Kier alpha value is -1.10. The SMILES string of the molecule is CC1CC1C(=O)NCCC(=O)N(CCO)C1CC1. The Morgan fingerprint density at radius 1 is 1.39 bits per heavy atom. The molecule has 0 heterocycles. The van der Waals surface area contributed by atoms with Gasteiger partial charge in [-0.05, 0) is 25.2 Å². The summed E-state index contributed by atoms with van der Waals surface area (Å²) in [7, 11) is 0. The Labute approximate surface area is 108 Å². The van der Waals surface area contributed by atoms with Gasteiger partial charge in [0, 0.05) is 31.5 Å². The molecule has 0 aromatic heterocycles. The molecule has 2 amide bonds. The number of carbonyl (C=O) groups excluding carboxylic acids is 2. The molecular weight excluding hydrogens is 232 g/mol. The molecule has 2 unspecified atom stereocenters. The van der Waals surface area contributed by atoms with E-state index in [1.807, 2.05) is 0 Å². The molecule has 0 saturated heterocycles. The van der Waals surface area contributed by atoms with Crippen molar-refractivity contribution >= 4 is 11.8 Å². The van der Waals surface area contributed by atoms with E-state index in [0.29, 0.717) is 31.5 Å². The van der Waals surface area contributed by atoms with Gasteiger partial charge in [-0.25, -0.2) is 0 Å². The summed E-state index contributed by atoms with van der Waals surface area (Å²) in [6, 6.07) is 0.323. The lowest BCUT2D eigenvalue weighted by molar-refractivity contribution is -0.132. The number of amides is 2. The summed E-state index contributed by atoms with van der Waals surface area (Å²) in [6.45, 7) is 2.90. The van der Waals surface area contributed by atoms with Gasteiger partial charge in [0.15, 0.2) is 0 Å². The normalized spacial score (nSPS) is 25.7. The Morgan fingerprint density at radius 2 is 2.06 bits per heavy atom. The molecular formula is C13H22N2O3. The Morgan fingerprint density at radius 3 is 2.56 bits per heavy atom. The first-order valence-corrected chi connectivity index (χ1v) is 6.81. The van der Waals surface area contributed by atoms with Crippen molar-refractivity contribution in [3.63, 3.8) is 0 Å². The van der Waals surface area contributed by atoms with Crippen molar-refractivity contribution in [3.8, 4) is 0 Å². The van der Waals surface area contributed by atoms with Crippen LogP contribution >= 0.6 is 0 Å². The van der Waals surface area contributed by atoms with Crippen molar-refractivity contribution < 1.29 is 14.7 Å². The molecule has 2 fully saturated rings. The fourth-order valence-electron chi connectivity index (χ4n) is 2.26. The zero-order chi connectivity index (χ0) is 13.1. The summed E-state index contributed by atoms with van der Waals surface area (Å²) in [6.07, 6.45) is 3.39. The molecule has 2 N–H and O–H groups in total. The van der Waals surface area contributed by atoms with Crippen LogP contribution in [0.15, 0.2) is 0 Å². The van der Waals surface area contributed by atoms with Crippen molar-refractivity contribution in [1.29, 1.82) is 0 Å². The standard InChI is InChI=1S/C13H22N2O3/c1-9-8-11(9)13(18)14-5-4-12(17)15(6-7-16)10-2-3-10/h9-11,16H,2-8H2,1H3,(H,14,18). The van der Waals surface area contributed by atoms with Gasteiger partial charge >= 0.3 is 0 Å². The van der Waals surface area contributed by atoms with Gasteiger partial charge in [0.05, 0.1) is 6.61 Å². The van der Waals surface area contributed by atoms with Crippen molar-refractivity contribution in [3.05, 3.63) is 0 Å². The number of aliphatic hydroxyl groups excluding tert-OH is 1. The van der Waals surface area contributed by atoms with E-state index in [9.17, 15) is 9.59 Å². The van der Waals surface area contributed by atoms with Crippen LogP contribution in [0.1, 0.15) is 32.6 Å². The fraction of sp³-hybridized carbons (Fsp3) is 0.846. The third kappa shape index (κ3) is 3.45. The molecule has 2 atom stereocenters. The van der Waals surface area contributed by atoms with E-state index < -0.39 is 0 Å². The molecule has 2 aliphatic rings. The number of hydrogen-bond donors (Lipinski definition) is 2. The number of aliphatic hydroxyl groups is 1. The van der Waals surface area contributed by atoms with Gasteiger partial charge in [-0.1, -0.05) is 6.92 Å². The van der Waals surface area contributed by atoms with Crippen molar-refractivity contribution in [2.75, 3.05) is 19.7 Å². The summed E-state index contributed by atoms with van der Waals surface area (Å²) < 4.78 is 0. The van der Waals surface area contributed by atoms with E-state index in [2.05, 4.69) is 12.2 Å². The first kappa shape index (κ1) is 13.3. The van der Waals surface area contributed by atoms with Crippen molar-refractivity contribution in [1.82, 2.24) is 10.2 Å². The highest BCUT2D eigenvalue weighted by Crippen LogP contribution is 2.37. The van der Waals surface area contributed by atoms with Gasteiger partial charge in [-0.15, -0.1) is 0 Å². The van der Waals surface area contributed by atoms with E-state index in [1.54, 1.807) is 4.90 Å². The molecule has 0 aliphatic heterocycles. The predicted octanol–water partition coefficient (Wildman–Crippen LogP) is 0.132. The molecule has 5 nitrogen and oxygen atoms in total. The number of nitrogens with zero attached hydrogens (tertiary/aromatic N) is 1. The van der Waals surface area contributed by atoms with Crippen LogP contribution in [0, 0.1) is 11.8 Å². The Balaban J connectivity index is 1.65. The molecule has 0 bridgehead atoms. The lowest BCUT2D eigenvalue weighted by Gasteiger charge is -2.21. The molecule has 0 spiro atoms. The third-order valence-corrected chi connectivity index (χ3v) is 3.73. The summed E-state index contributed by atoms with van der Waals surface area (Å²) in [5.74, 6) is 0.779. The number of carbonyl (C=O) groups is 2. The van der Waals surface area contributed by atoms with Crippen molar-refractivity contribution in [2.24, 2.45) is 11.8 Å². The minimum absolute atomic E-state index is 0.00812. The third-order valence-electron chi connectivity index (χ3n) is 3.73. The molecule has 18 heavy (non-hydrogen) atoms. The first-order valence-electron chi connectivity index (χ1n) is 6.81. The average molecular weight is 254 g/mol. The second-order valence-electron chi connectivity index (χ2n) is 5.40. The van der Waals surface area contributed by atoms with Crippen LogP contribution in [0.2, 0.25) is 0 Å². The summed E-state index contributed by atoms with van der Waals surface area (Å²) in [5, 5.41) is 11.7. The van der Waals surface area contributed by atoms with Gasteiger partial charge in [0.2, 0.25) is 11.8 Å². The fourth-order valence-corrected chi connectivity index (χ4v) is 2.26. The maximum atomic E-state index is 11.9. The highest BCUT2D eigenvalue weighted by atomic mass is 16.3. The number of hydrogen-bond acceptors (Lipinski definition) is 3. The minimum atomic E-state index is 0.00812. The summed E-state index contributed by atoms with van der Waals surface area (Å²) in [4.78, 5) is 25.2. The van der Waals surface area contributed by atoms with Crippen LogP contribution in [-0.2, 0) is 9.59 Å². The molecule has 2 saturated carbocycles. The highest BCUT2D eigenvalue weighted by Gasteiger charge is 2.39. The number of nitrogens with one attached hydrogen (secondary N) is 1. The zero-order valence-electron chi connectivity index (χ0n) is 10.9. The van der Waals surface area contributed by atoms with Gasteiger partial charge in [0.1, 0.15) is 0 Å². The van der Waals surface area contributed by atoms with Crippen LogP contribution in [0.25, 0.3) is 0 Å². The van der Waals surface area contributed by atoms with Crippen LogP contribution in [-0.4, -0.2) is 47.6 Å². The van der Waals surface area contributed by atoms with Crippen molar-refractivity contribution in [2.45, 2.75) is 38.6 Å². The van der Waals surface area contributed by atoms with Crippen LogP contribution < -0.4 is 5.32 Å². The molecule has 0 aromatic carbocycles. The smallest absolute Gasteiger partial charge is 0.224 e. The lowest BCUT2D eigenvalue weighted by Crippen LogP contribution is -2.38. The van der Waals surface area contributed by atoms with Gasteiger partial charge in [-0.2, -0.15) is 0 Å². The monoisotopic (exact) mass is 254 g/mol. The highest BCUT2D eigenvalue weighted by molar-refractivity contribution is 5.82.